The fraction of sp³-hybridized carbons (Fsp3) is 0.200. The minimum Gasteiger partial charge on any atom is -0.267 e. The van der Waals surface area contributed by atoms with Crippen LogP contribution in [0.2, 0.25) is 5.02 Å². The van der Waals surface area contributed by atoms with Crippen LogP contribution in [0.15, 0.2) is 65.5 Å². The van der Waals surface area contributed by atoms with Gasteiger partial charge in [0.05, 0.1) is 12.1 Å². The van der Waals surface area contributed by atoms with E-state index in [0.717, 1.165) is 17.2 Å². The highest BCUT2D eigenvalue weighted by Gasteiger charge is 2.33. The Balaban J connectivity index is 0.00000181. The summed E-state index contributed by atoms with van der Waals surface area (Å²) < 4.78 is 42.7. The van der Waals surface area contributed by atoms with Crippen LogP contribution in [0.4, 0.5) is 13.2 Å². The molecule has 6 nitrogen and oxygen atoms in total. The first-order chi connectivity index (χ1) is 19.1. The number of halogens is 4. The van der Waals surface area contributed by atoms with Crippen molar-refractivity contribution in [3.63, 3.8) is 0 Å². The molecule has 5 rings (SSSR count). The molecule has 0 amide bonds. The minimum absolute atomic E-state index is 0.0217. The highest BCUT2D eigenvalue weighted by atomic mass is 35.5. The summed E-state index contributed by atoms with van der Waals surface area (Å²) in [4.78, 5) is 18.0. The molecule has 3 heterocycles. The number of nitrogens with zero attached hydrogens (tertiary/aromatic N) is 5. The second kappa shape index (κ2) is 11.4. The number of rotatable bonds is 5. The standard InChI is InChI=1S/C28H23ClF3N5O.C2H2/c1-4-23-34-35-26-24(18-7-5-16(2)6-8-18)25(19-9-12-21(29)13-10-19)27(38)36(37(23)26)15-20-11-14-22(28(30,31)32)33-17(20)3;1-2/h5-14H,4,15H2,1-3H3;1-2H. The Morgan fingerprint density at radius 3 is 2.05 bits per heavy atom. The molecule has 0 unspecified atom stereocenters. The zero-order valence-electron chi connectivity index (χ0n) is 22.0. The van der Waals surface area contributed by atoms with E-state index in [2.05, 4.69) is 28.0 Å². The normalized spacial score (nSPS) is 11.3. The van der Waals surface area contributed by atoms with Gasteiger partial charge in [-0.15, -0.1) is 23.0 Å². The lowest BCUT2D eigenvalue weighted by Gasteiger charge is -2.18. The van der Waals surface area contributed by atoms with Gasteiger partial charge < -0.3 is 0 Å². The Morgan fingerprint density at radius 2 is 1.48 bits per heavy atom. The van der Waals surface area contributed by atoms with Gasteiger partial charge in [-0.25, -0.2) is 14.2 Å². The summed E-state index contributed by atoms with van der Waals surface area (Å²) in [6.45, 7) is 5.35. The van der Waals surface area contributed by atoms with Gasteiger partial charge in [0.15, 0.2) is 11.5 Å². The Labute approximate surface area is 234 Å². The van der Waals surface area contributed by atoms with Gasteiger partial charge in [0, 0.05) is 22.7 Å². The zero-order valence-corrected chi connectivity index (χ0v) is 22.8. The number of pyridine rings is 1. The lowest BCUT2D eigenvalue weighted by molar-refractivity contribution is -0.141. The SMILES string of the molecule is C#C.CCc1nnc2c(-c3ccc(C)cc3)c(-c3ccc(Cl)cc3)c(=O)n(Cc3ccc(C(F)(F)F)nc3C)n12. The highest BCUT2D eigenvalue weighted by molar-refractivity contribution is 6.30. The summed E-state index contributed by atoms with van der Waals surface area (Å²) in [7, 11) is 0. The quantitative estimate of drug-likeness (QED) is 0.221. The second-order valence-electron chi connectivity index (χ2n) is 9.03. The number of aryl methyl sites for hydroxylation is 3. The van der Waals surface area contributed by atoms with Crippen LogP contribution in [0.5, 0.6) is 0 Å². The van der Waals surface area contributed by atoms with Crippen molar-refractivity contribution in [3.8, 4) is 35.1 Å². The molecule has 2 aromatic carbocycles. The van der Waals surface area contributed by atoms with Gasteiger partial charge >= 0.3 is 6.18 Å². The molecule has 5 aromatic rings. The Bertz CT molecular complexity index is 1750. The van der Waals surface area contributed by atoms with Crippen molar-refractivity contribution in [3.05, 3.63) is 104 Å². The average molecular weight is 564 g/mol. The van der Waals surface area contributed by atoms with Crippen LogP contribution in [0.25, 0.3) is 27.9 Å². The molecule has 0 atom stereocenters. The predicted octanol–water partition coefficient (Wildman–Crippen LogP) is 6.77. The summed E-state index contributed by atoms with van der Waals surface area (Å²) in [5, 5.41) is 9.34. The third-order valence-electron chi connectivity index (χ3n) is 6.46. The van der Waals surface area contributed by atoms with Crippen molar-refractivity contribution in [1.29, 1.82) is 0 Å². The van der Waals surface area contributed by atoms with Crippen molar-refractivity contribution < 1.29 is 13.2 Å². The minimum atomic E-state index is -4.56. The van der Waals surface area contributed by atoms with Gasteiger partial charge in [0.1, 0.15) is 5.69 Å². The van der Waals surface area contributed by atoms with Gasteiger partial charge in [-0.1, -0.05) is 66.6 Å². The topological polar surface area (TPSA) is 65.1 Å². The molecule has 0 saturated carbocycles. The van der Waals surface area contributed by atoms with E-state index in [4.69, 9.17) is 11.6 Å². The van der Waals surface area contributed by atoms with E-state index in [-0.39, 0.29) is 17.8 Å². The molecule has 0 saturated heterocycles. The molecule has 0 N–H and O–H groups in total. The first-order valence-corrected chi connectivity index (χ1v) is 12.7. The first-order valence-electron chi connectivity index (χ1n) is 12.3. The van der Waals surface area contributed by atoms with E-state index in [0.29, 0.717) is 45.2 Å². The largest absolute Gasteiger partial charge is 0.433 e. The fourth-order valence-corrected chi connectivity index (χ4v) is 4.60. The van der Waals surface area contributed by atoms with Gasteiger partial charge in [0.2, 0.25) is 0 Å². The molecule has 3 aromatic heterocycles. The Hall–Kier alpha value is -4.42. The molecule has 0 spiro atoms. The molecule has 0 bridgehead atoms. The predicted molar refractivity (Wildman–Crippen MR) is 150 cm³/mol. The summed E-state index contributed by atoms with van der Waals surface area (Å²) >= 11 is 6.13. The molecule has 10 heteroatoms. The maximum atomic E-state index is 14.3. The highest BCUT2D eigenvalue weighted by Crippen LogP contribution is 2.34. The number of alkyl halides is 3. The molecule has 0 radical (unpaired) electrons. The number of aromatic nitrogens is 5. The van der Waals surface area contributed by atoms with Crippen LogP contribution in [0.1, 0.15) is 35.3 Å². The summed E-state index contributed by atoms with van der Waals surface area (Å²) in [6, 6.07) is 17.0. The summed E-state index contributed by atoms with van der Waals surface area (Å²) in [6.07, 6.45) is 3.92. The van der Waals surface area contributed by atoms with Crippen LogP contribution in [0, 0.1) is 26.7 Å². The van der Waals surface area contributed by atoms with Crippen LogP contribution in [-0.4, -0.2) is 24.4 Å². The molecule has 204 valence electrons. The van der Waals surface area contributed by atoms with Crippen molar-refractivity contribution in [2.24, 2.45) is 0 Å². The maximum absolute atomic E-state index is 14.3. The van der Waals surface area contributed by atoms with Gasteiger partial charge in [-0.05, 0) is 48.7 Å². The van der Waals surface area contributed by atoms with Crippen LogP contribution in [-0.2, 0) is 19.1 Å². The Kier molecular flexibility index (Phi) is 8.12. The zero-order chi connectivity index (χ0) is 29.2. The van der Waals surface area contributed by atoms with E-state index >= 15 is 0 Å². The Morgan fingerprint density at radius 1 is 0.875 bits per heavy atom. The third kappa shape index (κ3) is 5.36. The van der Waals surface area contributed by atoms with Crippen LogP contribution in [0.3, 0.4) is 0 Å². The maximum Gasteiger partial charge on any atom is 0.433 e. The first kappa shape index (κ1) is 28.6. The number of benzene rings is 2. The average Bonchev–Trinajstić information content (AvgIpc) is 3.36. The van der Waals surface area contributed by atoms with E-state index in [9.17, 15) is 18.0 Å². The monoisotopic (exact) mass is 563 g/mol. The fourth-order valence-electron chi connectivity index (χ4n) is 4.48. The number of hydrogen-bond acceptors (Lipinski definition) is 4. The van der Waals surface area contributed by atoms with Crippen LogP contribution >= 0.6 is 11.6 Å². The smallest absolute Gasteiger partial charge is 0.267 e. The summed E-state index contributed by atoms with van der Waals surface area (Å²) in [5.41, 5.74) is 3.29. The van der Waals surface area contributed by atoms with Crippen molar-refractivity contribution >= 4 is 17.2 Å². The molecule has 0 aliphatic heterocycles. The molecule has 40 heavy (non-hydrogen) atoms. The molecular formula is C30H25ClF3N5O. The van der Waals surface area contributed by atoms with E-state index < -0.39 is 11.9 Å². The lowest BCUT2D eigenvalue weighted by atomic mass is 9.96. The molecule has 0 aliphatic carbocycles. The second-order valence-corrected chi connectivity index (χ2v) is 9.47. The van der Waals surface area contributed by atoms with Gasteiger partial charge in [-0.2, -0.15) is 13.2 Å². The van der Waals surface area contributed by atoms with E-state index in [1.54, 1.807) is 28.8 Å². The molecular weight excluding hydrogens is 539 g/mol. The van der Waals surface area contributed by atoms with Crippen LogP contribution < -0.4 is 5.56 Å². The number of fused-ring (bicyclic) bond motifs is 1. The van der Waals surface area contributed by atoms with Gasteiger partial charge in [0.25, 0.3) is 5.56 Å². The third-order valence-corrected chi connectivity index (χ3v) is 6.72. The van der Waals surface area contributed by atoms with Gasteiger partial charge in [-0.3, -0.25) is 4.79 Å². The van der Waals surface area contributed by atoms with Crippen molar-refractivity contribution in [2.75, 3.05) is 0 Å². The molecule has 0 aliphatic rings. The lowest BCUT2D eigenvalue weighted by Crippen LogP contribution is -2.30. The number of hydrogen-bond donors (Lipinski definition) is 0. The molecule has 0 fully saturated rings. The number of terminal acetylenes is 1. The van der Waals surface area contributed by atoms with Crippen molar-refractivity contribution in [1.82, 2.24) is 24.4 Å². The van der Waals surface area contributed by atoms with E-state index in [1.807, 2.05) is 38.1 Å². The summed E-state index contributed by atoms with van der Waals surface area (Å²) in [5.74, 6) is 0.547. The van der Waals surface area contributed by atoms with E-state index in [1.165, 1.54) is 17.7 Å². The van der Waals surface area contributed by atoms with Crippen molar-refractivity contribution in [2.45, 2.75) is 39.9 Å².